The van der Waals surface area contributed by atoms with Crippen LogP contribution in [0.1, 0.15) is 12.7 Å². The van der Waals surface area contributed by atoms with Crippen molar-refractivity contribution in [3.63, 3.8) is 0 Å². The summed E-state index contributed by atoms with van der Waals surface area (Å²) in [7, 11) is 1.78. The molecule has 2 atom stereocenters. The first-order valence-corrected chi connectivity index (χ1v) is 7.82. The van der Waals surface area contributed by atoms with E-state index >= 15 is 0 Å². The minimum atomic E-state index is 0.207. The fourth-order valence-corrected chi connectivity index (χ4v) is 3.54. The first-order valence-electron chi connectivity index (χ1n) is 6.94. The molecule has 1 aliphatic rings. The van der Waals surface area contributed by atoms with Gasteiger partial charge in [-0.15, -0.1) is 11.3 Å². The van der Waals surface area contributed by atoms with Gasteiger partial charge in [0.2, 0.25) is 0 Å². The number of hydrogen-bond acceptors (Lipinski definition) is 6. The van der Waals surface area contributed by atoms with E-state index in [1.807, 2.05) is 6.92 Å². The van der Waals surface area contributed by atoms with Gasteiger partial charge >= 0.3 is 0 Å². The van der Waals surface area contributed by atoms with Gasteiger partial charge in [-0.1, -0.05) is 6.92 Å². The number of likely N-dealkylation sites (tertiary alicyclic amines) is 1. The van der Waals surface area contributed by atoms with Crippen molar-refractivity contribution in [3.05, 3.63) is 17.3 Å². The van der Waals surface area contributed by atoms with E-state index in [-0.39, 0.29) is 12.1 Å². The number of likely N-dealkylation sites (N-methyl/N-ethyl adjacent to an activating group) is 1. The molecule has 108 valence electrons. The number of nitrogens with one attached hydrogen (secondary N) is 1. The Morgan fingerprint density at radius 1 is 1.45 bits per heavy atom. The summed E-state index contributed by atoms with van der Waals surface area (Å²) in [5.41, 5.74) is 0. The predicted octanol–water partition coefficient (Wildman–Crippen LogP) is 2.13. The molecule has 1 aliphatic heterocycles. The maximum Gasteiger partial charge on any atom is 0.138 e. The number of rotatable bonds is 4. The highest BCUT2D eigenvalue weighted by atomic mass is 32.1. The summed E-state index contributed by atoms with van der Waals surface area (Å²) in [6, 6.07) is 2.35. The second-order valence-electron chi connectivity index (χ2n) is 5.14. The second-order valence-corrected chi connectivity index (χ2v) is 6.03. The molecule has 0 aliphatic carbocycles. The third-order valence-corrected chi connectivity index (χ3v) is 4.66. The molecule has 2 aromatic rings. The molecular formula is C14H20N4OS. The minimum Gasteiger partial charge on any atom is -0.378 e. The zero-order chi connectivity index (χ0) is 14.1. The molecule has 5 nitrogen and oxygen atoms in total. The van der Waals surface area contributed by atoms with Crippen LogP contribution in [0.3, 0.4) is 0 Å². The lowest BCUT2D eigenvalue weighted by molar-refractivity contribution is 0.102. The zero-order valence-corrected chi connectivity index (χ0v) is 12.9. The Kier molecular flexibility index (Phi) is 3.87. The van der Waals surface area contributed by atoms with Crippen LogP contribution in [0.25, 0.3) is 10.2 Å². The highest BCUT2D eigenvalue weighted by Gasteiger charge is 2.32. The van der Waals surface area contributed by atoms with Crippen molar-refractivity contribution < 1.29 is 4.74 Å². The fraction of sp³-hybridized carbons (Fsp3) is 0.571. The molecule has 6 heteroatoms. The van der Waals surface area contributed by atoms with E-state index in [0.717, 1.165) is 41.5 Å². The van der Waals surface area contributed by atoms with E-state index in [1.54, 1.807) is 18.4 Å². The zero-order valence-electron chi connectivity index (χ0n) is 12.1. The van der Waals surface area contributed by atoms with Crippen molar-refractivity contribution in [1.82, 2.24) is 14.9 Å². The van der Waals surface area contributed by atoms with Crippen molar-refractivity contribution in [3.8, 4) is 0 Å². The van der Waals surface area contributed by atoms with Gasteiger partial charge in [0.25, 0.3) is 0 Å². The van der Waals surface area contributed by atoms with E-state index < -0.39 is 0 Å². The average molecular weight is 292 g/mol. The maximum atomic E-state index is 5.61. The van der Waals surface area contributed by atoms with E-state index in [1.165, 1.54) is 0 Å². The number of fused-ring (bicyclic) bond motifs is 1. The topological polar surface area (TPSA) is 50.3 Å². The smallest absolute Gasteiger partial charge is 0.138 e. The molecule has 0 amide bonds. The summed E-state index contributed by atoms with van der Waals surface area (Å²) in [5.74, 6) is 1.74. The van der Waals surface area contributed by atoms with Gasteiger partial charge in [-0.25, -0.2) is 9.97 Å². The lowest BCUT2D eigenvalue weighted by Gasteiger charge is -2.19. The van der Waals surface area contributed by atoms with E-state index in [2.05, 4.69) is 38.6 Å². The Balaban J connectivity index is 1.87. The molecule has 0 saturated carbocycles. The summed E-state index contributed by atoms with van der Waals surface area (Å²) in [6.07, 6.45) is 0.207. The summed E-state index contributed by atoms with van der Waals surface area (Å²) in [4.78, 5) is 12.5. The molecule has 1 N–H and O–H groups in total. The van der Waals surface area contributed by atoms with Gasteiger partial charge in [0.1, 0.15) is 16.5 Å². The monoisotopic (exact) mass is 292 g/mol. The van der Waals surface area contributed by atoms with Crippen molar-refractivity contribution >= 4 is 27.4 Å². The van der Waals surface area contributed by atoms with Crippen LogP contribution in [0.15, 0.2) is 11.4 Å². The number of ether oxygens (including phenoxy) is 1. The minimum absolute atomic E-state index is 0.207. The molecule has 20 heavy (non-hydrogen) atoms. The average Bonchev–Trinajstić information content (AvgIpc) is 3.04. The van der Waals surface area contributed by atoms with Gasteiger partial charge in [-0.2, -0.15) is 0 Å². The molecule has 2 aromatic heterocycles. The largest absolute Gasteiger partial charge is 0.378 e. The van der Waals surface area contributed by atoms with Crippen molar-refractivity contribution in [2.24, 2.45) is 0 Å². The molecule has 3 heterocycles. The van der Waals surface area contributed by atoms with Gasteiger partial charge in [0.05, 0.1) is 17.5 Å². The van der Waals surface area contributed by atoms with Crippen molar-refractivity contribution in [2.75, 3.05) is 32.1 Å². The van der Waals surface area contributed by atoms with Crippen LogP contribution in [0.5, 0.6) is 0 Å². The third-order valence-electron chi connectivity index (χ3n) is 3.85. The maximum absolute atomic E-state index is 5.61. The molecular weight excluding hydrogens is 272 g/mol. The van der Waals surface area contributed by atoms with Gasteiger partial charge in [-0.3, -0.25) is 4.90 Å². The molecule has 0 bridgehead atoms. The lowest BCUT2D eigenvalue weighted by atomic mass is 10.2. The molecule has 1 fully saturated rings. The molecule has 1 saturated heterocycles. The lowest BCUT2D eigenvalue weighted by Crippen LogP contribution is -2.34. The quantitative estimate of drug-likeness (QED) is 0.935. The SMILES string of the molecule is CCN1C[C@H](Nc2nc(C)nc3sccc23)[C@@H](OC)C1. The summed E-state index contributed by atoms with van der Waals surface area (Å²) < 4.78 is 5.61. The number of hydrogen-bond donors (Lipinski definition) is 1. The van der Waals surface area contributed by atoms with Gasteiger partial charge < -0.3 is 10.1 Å². The Bertz CT molecular complexity index is 600. The second kappa shape index (κ2) is 5.63. The molecule has 0 radical (unpaired) electrons. The van der Waals surface area contributed by atoms with Crippen LogP contribution in [-0.4, -0.2) is 53.8 Å². The Labute approximate surface area is 123 Å². The summed E-state index contributed by atoms with van der Waals surface area (Å²) in [6.45, 7) is 7.13. The van der Waals surface area contributed by atoms with Crippen LogP contribution in [0, 0.1) is 6.92 Å². The fourth-order valence-electron chi connectivity index (χ4n) is 2.74. The van der Waals surface area contributed by atoms with Gasteiger partial charge in [0.15, 0.2) is 0 Å². The molecule has 3 rings (SSSR count). The van der Waals surface area contributed by atoms with Crippen LogP contribution in [0.2, 0.25) is 0 Å². The number of thiophene rings is 1. The van der Waals surface area contributed by atoms with Crippen LogP contribution in [0.4, 0.5) is 5.82 Å². The van der Waals surface area contributed by atoms with E-state index in [0.29, 0.717) is 0 Å². The number of aromatic nitrogens is 2. The van der Waals surface area contributed by atoms with Crippen LogP contribution in [-0.2, 0) is 4.74 Å². The van der Waals surface area contributed by atoms with Crippen molar-refractivity contribution in [2.45, 2.75) is 26.0 Å². The standard InChI is InChI=1S/C14H20N4OS/c1-4-18-7-11(12(8-18)19-3)17-13-10-5-6-20-14(10)16-9(2)15-13/h5-6,11-12H,4,7-8H2,1-3H3,(H,15,16,17)/t11-,12-/m0/s1. The van der Waals surface area contributed by atoms with Gasteiger partial charge in [-0.05, 0) is 24.9 Å². The molecule has 0 spiro atoms. The number of aryl methyl sites for hydroxylation is 1. The predicted molar refractivity (Wildman–Crippen MR) is 82.5 cm³/mol. The summed E-state index contributed by atoms with van der Waals surface area (Å²) in [5, 5.41) is 6.73. The number of nitrogens with zero attached hydrogens (tertiary/aromatic N) is 3. The van der Waals surface area contributed by atoms with Gasteiger partial charge in [0, 0.05) is 20.2 Å². The Hall–Kier alpha value is -1.24. The first-order chi connectivity index (χ1) is 9.71. The van der Waals surface area contributed by atoms with Crippen LogP contribution < -0.4 is 5.32 Å². The van der Waals surface area contributed by atoms with Crippen molar-refractivity contribution in [1.29, 1.82) is 0 Å². The molecule has 0 aromatic carbocycles. The number of methoxy groups -OCH3 is 1. The molecule has 0 unspecified atom stereocenters. The normalized spacial score (nSPS) is 23.6. The van der Waals surface area contributed by atoms with E-state index in [4.69, 9.17) is 4.74 Å². The highest BCUT2D eigenvalue weighted by molar-refractivity contribution is 7.16. The van der Waals surface area contributed by atoms with Crippen LogP contribution >= 0.6 is 11.3 Å². The third kappa shape index (κ3) is 2.51. The summed E-state index contributed by atoms with van der Waals surface area (Å²) >= 11 is 1.65. The highest BCUT2D eigenvalue weighted by Crippen LogP contribution is 2.27. The Morgan fingerprint density at radius 2 is 2.30 bits per heavy atom. The Morgan fingerprint density at radius 3 is 3.05 bits per heavy atom. The first kappa shape index (κ1) is 13.7. The van der Waals surface area contributed by atoms with E-state index in [9.17, 15) is 0 Å². The number of anilines is 1.